The number of benzene rings is 1. The highest BCUT2D eigenvalue weighted by atomic mass is 16.3. The van der Waals surface area contributed by atoms with E-state index in [1.807, 2.05) is 23.1 Å². The number of piperazine rings is 1. The summed E-state index contributed by atoms with van der Waals surface area (Å²) in [6.45, 7) is 4.38. The summed E-state index contributed by atoms with van der Waals surface area (Å²) < 4.78 is 4.96. The van der Waals surface area contributed by atoms with Crippen molar-refractivity contribution >= 4 is 11.8 Å². The average Bonchev–Trinajstić information content (AvgIpc) is 3.16. The van der Waals surface area contributed by atoms with Gasteiger partial charge in [-0.2, -0.15) is 0 Å². The molecule has 0 spiro atoms. The van der Waals surface area contributed by atoms with E-state index in [0.29, 0.717) is 38.2 Å². The molecule has 0 aliphatic carbocycles. The Bertz CT molecular complexity index is 674. The molecule has 1 saturated heterocycles. The molecular weight excluding hydrogens is 304 g/mol. The molecule has 5 nitrogen and oxygen atoms in total. The van der Waals surface area contributed by atoms with Crippen molar-refractivity contribution in [2.45, 2.75) is 19.3 Å². The highest BCUT2D eigenvalue weighted by Crippen LogP contribution is 2.20. The van der Waals surface area contributed by atoms with Crippen molar-refractivity contribution < 1.29 is 14.0 Å². The van der Waals surface area contributed by atoms with Crippen LogP contribution in [-0.2, 0) is 4.79 Å². The summed E-state index contributed by atoms with van der Waals surface area (Å²) in [7, 11) is 0. The Morgan fingerprint density at radius 3 is 2.33 bits per heavy atom. The van der Waals surface area contributed by atoms with E-state index in [0.717, 1.165) is 0 Å². The Balaban J connectivity index is 1.51. The molecule has 24 heavy (non-hydrogen) atoms. The van der Waals surface area contributed by atoms with Crippen LogP contribution in [0.25, 0.3) is 0 Å². The number of hydrogen-bond donors (Lipinski definition) is 0. The molecule has 2 heterocycles. The standard InChI is InChI=1S/C19H22N2O3/c1-15(16-5-3-2-4-6-16)13-18(22)20-8-10-21(11-9-20)19(23)17-7-12-24-14-17/h2-7,12,14-15H,8-11,13H2,1H3/t15-/m0/s1. The molecule has 1 aromatic carbocycles. The van der Waals surface area contributed by atoms with Crippen LogP contribution in [0.2, 0.25) is 0 Å². The maximum atomic E-state index is 12.5. The Morgan fingerprint density at radius 2 is 1.71 bits per heavy atom. The Morgan fingerprint density at radius 1 is 1.04 bits per heavy atom. The third kappa shape index (κ3) is 3.67. The van der Waals surface area contributed by atoms with Gasteiger partial charge in [0.25, 0.3) is 5.91 Å². The average molecular weight is 326 g/mol. The van der Waals surface area contributed by atoms with Crippen LogP contribution in [0, 0.1) is 0 Å². The van der Waals surface area contributed by atoms with E-state index >= 15 is 0 Å². The van der Waals surface area contributed by atoms with Gasteiger partial charge in [-0.1, -0.05) is 37.3 Å². The Labute approximate surface area is 141 Å². The van der Waals surface area contributed by atoms with Gasteiger partial charge in [-0.05, 0) is 17.5 Å². The van der Waals surface area contributed by atoms with Gasteiger partial charge in [-0.3, -0.25) is 9.59 Å². The molecule has 2 amide bonds. The lowest BCUT2D eigenvalue weighted by Gasteiger charge is -2.35. The van der Waals surface area contributed by atoms with Crippen molar-refractivity contribution in [3.05, 3.63) is 60.1 Å². The molecule has 0 N–H and O–H groups in total. The van der Waals surface area contributed by atoms with Gasteiger partial charge in [0.2, 0.25) is 5.91 Å². The minimum absolute atomic E-state index is 0.0338. The summed E-state index contributed by atoms with van der Waals surface area (Å²) in [6.07, 6.45) is 3.46. The molecule has 2 aromatic rings. The number of carbonyl (C=O) groups excluding carboxylic acids is 2. The summed E-state index contributed by atoms with van der Waals surface area (Å²) in [6, 6.07) is 11.8. The van der Waals surface area contributed by atoms with Crippen LogP contribution in [0.3, 0.4) is 0 Å². The second-order valence-electron chi connectivity index (χ2n) is 6.20. The number of amides is 2. The normalized spacial score (nSPS) is 16.0. The fraction of sp³-hybridized carbons (Fsp3) is 0.368. The van der Waals surface area contributed by atoms with Gasteiger partial charge >= 0.3 is 0 Å². The molecule has 1 atom stereocenters. The molecule has 0 saturated carbocycles. The minimum atomic E-state index is -0.0338. The minimum Gasteiger partial charge on any atom is -0.472 e. The van der Waals surface area contributed by atoms with Crippen LogP contribution in [0.5, 0.6) is 0 Å². The fourth-order valence-electron chi connectivity index (χ4n) is 3.02. The SMILES string of the molecule is C[C@@H](CC(=O)N1CCN(C(=O)c2ccoc2)CC1)c1ccccc1. The van der Waals surface area contributed by atoms with Crippen molar-refractivity contribution in [1.82, 2.24) is 9.80 Å². The fourth-order valence-corrected chi connectivity index (χ4v) is 3.02. The van der Waals surface area contributed by atoms with Crippen LogP contribution < -0.4 is 0 Å². The largest absolute Gasteiger partial charge is 0.472 e. The van der Waals surface area contributed by atoms with Gasteiger partial charge in [0.15, 0.2) is 0 Å². The zero-order valence-electron chi connectivity index (χ0n) is 13.9. The molecule has 0 radical (unpaired) electrons. The summed E-state index contributed by atoms with van der Waals surface area (Å²) in [5, 5.41) is 0. The smallest absolute Gasteiger partial charge is 0.257 e. The predicted octanol–water partition coefficient (Wildman–Crippen LogP) is 2.76. The third-order valence-corrected chi connectivity index (χ3v) is 4.54. The first kappa shape index (κ1) is 16.3. The van der Waals surface area contributed by atoms with Gasteiger partial charge in [0.05, 0.1) is 11.8 Å². The molecule has 3 rings (SSSR count). The van der Waals surface area contributed by atoms with Crippen LogP contribution in [0.1, 0.15) is 35.2 Å². The molecule has 1 fully saturated rings. The first-order valence-corrected chi connectivity index (χ1v) is 8.29. The van der Waals surface area contributed by atoms with E-state index in [1.54, 1.807) is 11.0 Å². The summed E-state index contributed by atoms with van der Waals surface area (Å²) in [4.78, 5) is 28.4. The molecule has 0 unspecified atom stereocenters. The number of nitrogens with zero attached hydrogens (tertiary/aromatic N) is 2. The van der Waals surface area contributed by atoms with Gasteiger partial charge in [-0.25, -0.2) is 0 Å². The molecule has 1 aliphatic heterocycles. The zero-order valence-corrected chi connectivity index (χ0v) is 13.9. The van der Waals surface area contributed by atoms with Crippen LogP contribution >= 0.6 is 0 Å². The molecule has 1 aliphatic rings. The van der Waals surface area contributed by atoms with Crippen molar-refractivity contribution in [3.63, 3.8) is 0 Å². The number of hydrogen-bond acceptors (Lipinski definition) is 3. The van der Waals surface area contributed by atoms with E-state index in [4.69, 9.17) is 4.42 Å². The topological polar surface area (TPSA) is 53.8 Å². The number of rotatable bonds is 4. The van der Waals surface area contributed by atoms with Crippen LogP contribution in [-0.4, -0.2) is 47.8 Å². The van der Waals surface area contributed by atoms with E-state index < -0.39 is 0 Å². The third-order valence-electron chi connectivity index (χ3n) is 4.54. The molecule has 126 valence electrons. The van der Waals surface area contributed by atoms with E-state index in [9.17, 15) is 9.59 Å². The van der Waals surface area contributed by atoms with E-state index in [1.165, 1.54) is 18.1 Å². The molecule has 5 heteroatoms. The summed E-state index contributed by atoms with van der Waals surface area (Å²) in [5.74, 6) is 0.319. The van der Waals surface area contributed by atoms with Crippen molar-refractivity contribution in [3.8, 4) is 0 Å². The lowest BCUT2D eigenvalue weighted by Crippen LogP contribution is -2.50. The lowest BCUT2D eigenvalue weighted by molar-refractivity contribution is -0.133. The van der Waals surface area contributed by atoms with E-state index in [-0.39, 0.29) is 17.7 Å². The first-order chi connectivity index (χ1) is 11.6. The second kappa shape index (κ2) is 7.34. The Hall–Kier alpha value is -2.56. The van der Waals surface area contributed by atoms with Gasteiger partial charge in [0, 0.05) is 32.6 Å². The highest BCUT2D eigenvalue weighted by molar-refractivity contribution is 5.94. The van der Waals surface area contributed by atoms with Gasteiger partial charge in [0.1, 0.15) is 6.26 Å². The maximum absolute atomic E-state index is 12.5. The Kier molecular flexibility index (Phi) is 4.99. The zero-order chi connectivity index (χ0) is 16.9. The monoisotopic (exact) mass is 326 g/mol. The van der Waals surface area contributed by atoms with E-state index in [2.05, 4.69) is 19.1 Å². The number of carbonyl (C=O) groups is 2. The van der Waals surface area contributed by atoms with Crippen LogP contribution in [0.15, 0.2) is 53.3 Å². The summed E-state index contributed by atoms with van der Waals surface area (Å²) in [5.41, 5.74) is 1.74. The first-order valence-electron chi connectivity index (χ1n) is 8.29. The molecule has 1 aromatic heterocycles. The summed E-state index contributed by atoms with van der Waals surface area (Å²) >= 11 is 0. The maximum Gasteiger partial charge on any atom is 0.257 e. The van der Waals surface area contributed by atoms with Crippen molar-refractivity contribution in [2.75, 3.05) is 26.2 Å². The van der Waals surface area contributed by atoms with Gasteiger partial charge < -0.3 is 14.2 Å². The highest BCUT2D eigenvalue weighted by Gasteiger charge is 2.26. The number of furan rings is 1. The lowest BCUT2D eigenvalue weighted by atomic mass is 9.97. The second-order valence-corrected chi connectivity index (χ2v) is 6.20. The van der Waals surface area contributed by atoms with Crippen LogP contribution in [0.4, 0.5) is 0 Å². The van der Waals surface area contributed by atoms with Gasteiger partial charge in [-0.15, -0.1) is 0 Å². The van der Waals surface area contributed by atoms with Crippen molar-refractivity contribution in [1.29, 1.82) is 0 Å². The predicted molar refractivity (Wildman–Crippen MR) is 90.7 cm³/mol. The van der Waals surface area contributed by atoms with Crippen molar-refractivity contribution in [2.24, 2.45) is 0 Å². The molecule has 0 bridgehead atoms. The quantitative estimate of drug-likeness (QED) is 0.868. The molecular formula is C19H22N2O3.